The van der Waals surface area contributed by atoms with Gasteiger partial charge in [0.05, 0.1) is 12.7 Å². The first-order valence-electron chi connectivity index (χ1n) is 3.33. The summed E-state index contributed by atoms with van der Waals surface area (Å²) in [7, 11) is 0. The van der Waals surface area contributed by atoms with E-state index in [2.05, 4.69) is 4.98 Å². The van der Waals surface area contributed by atoms with E-state index >= 15 is 0 Å². The van der Waals surface area contributed by atoms with E-state index in [4.69, 9.17) is 0 Å². The number of aryl methyl sites for hydroxylation is 1. The van der Waals surface area contributed by atoms with Crippen molar-refractivity contribution in [2.24, 2.45) is 0 Å². The summed E-state index contributed by atoms with van der Waals surface area (Å²) in [6.45, 7) is 1.47. The maximum absolute atomic E-state index is 11.9. The lowest BCUT2D eigenvalue weighted by Gasteiger charge is -2.01. The van der Waals surface area contributed by atoms with Crippen LogP contribution in [-0.2, 0) is 6.54 Å². The maximum Gasteiger partial charge on any atom is 0.168 e. The van der Waals surface area contributed by atoms with E-state index < -0.39 is 6.67 Å². The molecule has 11 heavy (non-hydrogen) atoms. The molecule has 1 aromatic heterocycles. The van der Waals surface area contributed by atoms with Gasteiger partial charge in [0.1, 0.15) is 18.2 Å². The third kappa shape index (κ3) is 1.45. The van der Waals surface area contributed by atoms with Gasteiger partial charge in [-0.25, -0.2) is 9.37 Å². The van der Waals surface area contributed by atoms with Gasteiger partial charge in [-0.1, -0.05) is 0 Å². The lowest BCUT2D eigenvalue weighted by molar-refractivity contribution is 0.111. The van der Waals surface area contributed by atoms with E-state index in [1.807, 2.05) is 0 Å². The Labute approximate surface area is 63.9 Å². The quantitative estimate of drug-likeness (QED) is 0.611. The van der Waals surface area contributed by atoms with Crippen LogP contribution in [0.15, 0.2) is 6.20 Å². The molecule has 0 saturated heterocycles. The minimum absolute atomic E-state index is 0.208. The van der Waals surface area contributed by atoms with Gasteiger partial charge in [-0.3, -0.25) is 4.79 Å². The standard InChI is InChI=1S/C7H9FN2O/c1-6-9-4-7(5-11)10(6)3-2-8/h4-5H,2-3H2,1H3. The number of carbonyl (C=O) groups is 1. The van der Waals surface area contributed by atoms with Crippen LogP contribution in [0.4, 0.5) is 4.39 Å². The summed E-state index contributed by atoms with van der Waals surface area (Å²) in [6.07, 6.45) is 2.12. The molecule has 0 amide bonds. The minimum Gasteiger partial charge on any atom is -0.323 e. The summed E-state index contributed by atoms with van der Waals surface area (Å²) in [5, 5.41) is 0. The normalized spacial score (nSPS) is 10.0. The Morgan fingerprint density at radius 3 is 3.09 bits per heavy atom. The average Bonchev–Trinajstić information content (AvgIpc) is 2.34. The maximum atomic E-state index is 11.9. The van der Waals surface area contributed by atoms with Gasteiger partial charge in [-0.2, -0.15) is 0 Å². The molecule has 0 aliphatic heterocycles. The Morgan fingerprint density at radius 2 is 2.55 bits per heavy atom. The largest absolute Gasteiger partial charge is 0.323 e. The number of imidazole rings is 1. The first-order valence-corrected chi connectivity index (χ1v) is 3.33. The number of halogens is 1. The van der Waals surface area contributed by atoms with Gasteiger partial charge in [0.25, 0.3) is 0 Å². The Kier molecular flexibility index (Phi) is 2.36. The zero-order chi connectivity index (χ0) is 8.27. The monoisotopic (exact) mass is 156 g/mol. The van der Waals surface area contributed by atoms with Gasteiger partial charge < -0.3 is 4.57 Å². The van der Waals surface area contributed by atoms with Crippen molar-refractivity contribution in [3.05, 3.63) is 17.7 Å². The van der Waals surface area contributed by atoms with Crippen molar-refractivity contribution in [3.63, 3.8) is 0 Å². The topological polar surface area (TPSA) is 34.9 Å². The first kappa shape index (κ1) is 7.91. The lowest BCUT2D eigenvalue weighted by atomic mass is 10.5. The third-order valence-electron chi connectivity index (χ3n) is 1.51. The molecular weight excluding hydrogens is 147 g/mol. The summed E-state index contributed by atoms with van der Waals surface area (Å²) in [5.74, 6) is 0.671. The highest BCUT2D eigenvalue weighted by Crippen LogP contribution is 2.01. The van der Waals surface area contributed by atoms with Crippen molar-refractivity contribution >= 4 is 6.29 Å². The molecular formula is C7H9FN2O. The predicted molar refractivity (Wildman–Crippen MR) is 38.3 cm³/mol. The number of alkyl halides is 1. The molecule has 0 fully saturated rings. The number of hydrogen-bond acceptors (Lipinski definition) is 2. The van der Waals surface area contributed by atoms with Crippen molar-refractivity contribution in [3.8, 4) is 0 Å². The highest BCUT2D eigenvalue weighted by molar-refractivity contribution is 5.71. The molecule has 4 heteroatoms. The fraction of sp³-hybridized carbons (Fsp3) is 0.429. The summed E-state index contributed by atoms with van der Waals surface area (Å²) < 4.78 is 13.4. The highest BCUT2D eigenvalue weighted by Gasteiger charge is 2.03. The van der Waals surface area contributed by atoms with Crippen LogP contribution in [0.25, 0.3) is 0 Å². The van der Waals surface area contributed by atoms with Crippen LogP contribution < -0.4 is 0 Å². The molecule has 0 unspecified atom stereocenters. The summed E-state index contributed by atoms with van der Waals surface area (Å²) >= 11 is 0. The number of aldehydes is 1. The van der Waals surface area contributed by atoms with Gasteiger partial charge in [0.15, 0.2) is 6.29 Å². The second-order valence-electron chi connectivity index (χ2n) is 2.19. The molecule has 1 rings (SSSR count). The van der Waals surface area contributed by atoms with Crippen LogP contribution in [0, 0.1) is 6.92 Å². The van der Waals surface area contributed by atoms with Crippen LogP contribution in [0.1, 0.15) is 16.3 Å². The SMILES string of the molecule is Cc1ncc(C=O)n1CCF. The molecule has 0 aliphatic carbocycles. The molecule has 0 radical (unpaired) electrons. The second-order valence-corrected chi connectivity index (χ2v) is 2.19. The number of aromatic nitrogens is 2. The molecule has 0 spiro atoms. The van der Waals surface area contributed by atoms with E-state index in [-0.39, 0.29) is 6.54 Å². The van der Waals surface area contributed by atoms with Crippen molar-refractivity contribution in [2.75, 3.05) is 6.67 Å². The van der Waals surface area contributed by atoms with Crippen LogP contribution in [0.3, 0.4) is 0 Å². The first-order chi connectivity index (χ1) is 5.29. The van der Waals surface area contributed by atoms with Crippen molar-refractivity contribution < 1.29 is 9.18 Å². The molecule has 0 atom stereocenters. The fourth-order valence-corrected chi connectivity index (χ4v) is 0.955. The summed E-state index contributed by atoms with van der Waals surface area (Å²) in [5.41, 5.74) is 0.431. The smallest absolute Gasteiger partial charge is 0.168 e. The second kappa shape index (κ2) is 3.27. The Hall–Kier alpha value is -1.19. The minimum atomic E-state index is -0.474. The highest BCUT2D eigenvalue weighted by atomic mass is 19.1. The molecule has 0 bridgehead atoms. The Morgan fingerprint density at radius 1 is 1.82 bits per heavy atom. The number of hydrogen-bond donors (Lipinski definition) is 0. The van der Waals surface area contributed by atoms with Gasteiger partial charge >= 0.3 is 0 Å². The third-order valence-corrected chi connectivity index (χ3v) is 1.51. The van der Waals surface area contributed by atoms with Gasteiger partial charge in [-0.15, -0.1) is 0 Å². The number of carbonyl (C=O) groups excluding carboxylic acids is 1. The van der Waals surface area contributed by atoms with Crippen molar-refractivity contribution in [2.45, 2.75) is 13.5 Å². The number of rotatable bonds is 3. The summed E-state index contributed by atoms with van der Waals surface area (Å²) in [6, 6.07) is 0. The lowest BCUT2D eigenvalue weighted by Crippen LogP contribution is -2.05. The average molecular weight is 156 g/mol. The van der Waals surface area contributed by atoms with E-state index in [0.717, 1.165) is 0 Å². The number of nitrogens with zero attached hydrogens (tertiary/aromatic N) is 2. The van der Waals surface area contributed by atoms with Gasteiger partial charge in [0, 0.05) is 0 Å². The Balaban J connectivity index is 2.97. The van der Waals surface area contributed by atoms with E-state index in [1.165, 1.54) is 6.20 Å². The van der Waals surface area contributed by atoms with E-state index in [0.29, 0.717) is 17.8 Å². The zero-order valence-corrected chi connectivity index (χ0v) is 6.25. The predicted octanol–water partition coefficient (Wildman–Crippen LogP) is 0.974. The van der Waals surface area contributed by atoms with Crippen LogP contribution in [0.5, 0.6) is 0 Å². The van der Waals surface area contributed by atoms with Crippen molar-refractivity contribution in [1.29, 1.82) is 0 Å². The fourth-order valence-electron chi connectivity index (χ4n) is 0.955. The van der Waals surface area contributed by atoms with Gasteiger partial charge in [0.2, 0.25) is 0 Å². The molecule has 1 heterocycles. The van der Waals surface area contributed by atoms with E-state index in [9.17, 15) is 9.18 Å². The molecule has 0 N–H and O–H groups in total. The van der Waals surface area contributed by atoms with Crippen LogP contribution in [0.2, 0.25) is 0 Å². The molecule has 0 aliphatic rings. The molecule has 1 aromatic rings. The van der Waals surface area contributed by atoms with Gasteiger partial charge in [-0.05, 0) is 6.92 Å². The van der Waals surface area contributed by atoms with Crippen molar-refractivity contribution in [1.82, 2.24) is 9.55 Å². The molecule has 0 saturated carbocycles. The molecule has 60 valence electrons. The zero-order valence-electron chi connectivity index (χ0n) is 6.25. The van der Waals surface area contributed by atoms with Crippen LogP contribution in [-0.4, -0.2) is 22.5 Å². The summed E-state index contributed by atoms with van der Waals surface area (Å²) in [4.78, 5) is 14.2. The molecule has 0 aromatic carbocycles. The Bertz CT molecular complexity index is 257. The van der Waals surface area contributed by atoms with E-state index in [1.54, 1.807) is 11.5 Å². The molecule has 3 nitrogen and oxygen atoms in total. The van der Waals surface area contributed by atoms with Crippen LogP contribution >= 0.6 is 0 Å².